The van der Waals surface area contributed by atoms with Crippen LogP contribution >= 0.6 is 15.9 Å². The van der Waals surface area contributed by atoms with E-state index in [0.29, 0.717) is 32.9 Å². The number of hydrogen-bond donors (Lipinski definition) is 3. The van der Waals surface area contributed by atoms with Gasteiger partial charge in [-0.2, -0.15) is 0 Å². The average Bonchev–Trinajstić information content (AvgIpc) is 3.31. The second-order valence-electron chi connectivity index (χ2n) is 5.65. The third kappa shape index (κ3) is 2.84. The van der Waals surface area contributed by atoms with E-state index in [-0.39, 0.29) is 17.4 Å². The third-order valence-electron chi connectivity index (χ3n) is 3.80. The van der Waals surface area contributed by atoms with Crippen molar-refractivity contribution in [3.8, 4) is 0 Å². The first-order valence-electron chi connectivity index (χ1n) is 7.47. The number of nitrogens with one attached hydrogen (secondary N) is 3. The van der Waals surface area contributed by atoms with Crippen LogP contribution in [0, 0.1) is 5.82 Å². The van der Waals surface area contributed by atoms with Crippen molar-refractivity contribution in [1.82, 2.24) is 15.0 Å². The number of H-pyrrole nitrogens is 1. The number of amides is 1. The number of benzene rings is 1. The topological polar surface area (TPSA) is 82.7 Å². The van der Waals surface area contributed by atoms with Crippen molar-refractivity contribution in [2.45, 2.75) is 18.9 Å². The molecule has 0 saturated heterocycles. The van der Waals surface area contributed by atoms with Gasteiger partial charge in [-0.1, -0.05) is 0 Å². The molecule has 24 heavy (non-hydrogen) atoms. The molecular formula is C16H13BrFN5O. The number of hydrogen-bond acceptors (Lipinski definition) is 4. The van der Waals surface area contributed by atoms with Gasteiger partial charge in [0.15, 0.2) is 0 Å². The summed E-state index contributed by atoms with van der Waals surface area (Å²) in [5.41, 5.74) is 1.91. The van der Waals surface area contributed by atoms with Crippen molar-refractivity contribution >= 4 is 44.2 Å². The molecule has 2 heterocycles. The first-order chi connectivity index (χ1) is 11.6. The molecule has 1 aliphatic rings. The molecule has 6 nitrogen and oxygen atoms in total. The van der Waals surface area contributed by atoms with E-state index in [4.69, 9.17) is 0 Å². The highest BCUT2D eigenvalue weighted by Gasteiger charge is 2.23. The molecule has 1 aliphatic carbocycles. The van der Waals surface area contributed by atoms with Crippen LogP contribution in [0.25, 0.3) is 11.0 Å². The second kappa shape index (κ2) is 5.86. The summed E-state index contributed by atoms with van der Waals surface area (Å²) in [6, 6.07) is 4.58. The fourth-order valence-corrected chi connectivity index (χ4v) is 2.96. The number of rotatable bonds is 4. The minimum Gasteiger partial charge on any atom is -0.381 e. The van der Waals surface area contributed by atoms with Gasteiger partial charge in [0.1, 0.15) is 23.5 Å². The molecule has 1 amide bonds. The molecule has 1 aromatic carbocycles. The van der Waals surface area contributed by atoms with E-state index in [2.05, 4.69) is 41.5 Å². The van der Waals surface area contributed by atoms with Crippen molar-refractivity contribution < 1.29 is 9.18 Å². The van der Waals surface area contributed by atoms with Crippen LogP contribution in [0.3, 0.4) is 0 Å². The van der Waals surface area contributed by atoms with E-state index in [1.54, 1.807) is 12.3 Å². The molecule has 0 atom stereocenters. The van der Waals surface area contributed by atoms with E-state index < -0.39 is 0 Å². The monoisotopic (exact) mass is 389 g/mol. The van der Waals surface area contributed by atoms with Gasteiger partial charge in [-0.15, -0.1) is 0 Å². The molecule has 8 heteroatoms. The summed E-state index contributed by atoms with van der Waals surface area (Å²) in [6.45, 7) is 0. The number of carbonyl (C=O) groups is 1. The standard InChI is InChI=1S/C16H13BrFN5O/c17-10-6-19-15-13(10)14(20-7-21-15)16(24)23-11-4-1-8(18)5-12(11)22-9-2-3-9/h1,4-7,9,22H,2-3H2,(H,23,24)(H,19,20,21). The molecule has 0 unspecified atom stereocenters. The lowest BCUT2D eigenvalue weighted by Gasteiger charge is -2.13. The Balaban J connectivity index is 1.67. The van der Waals surface area contributed by atoms with Crippen LogP contribution in [-0.4, -0.2) is 26.9 Å². The maximum Gasteiger partial charge on any atom is 0.275 e. The molecule has 122 valence electrons. The number of aromatic amines is 1. The summed E-state index contributed by atoms with van der Waals surface area (Å²) in [7, 11) is 0. The molecule has 3 aromatic rings. The van der Waals surface area contributed by atoms with Gasteiger partial charge in [-0.3, -0.25) is 4.79 Å². The lowest BCUT2D eigenvalue weighted by molar-refractivity contribution is 0.102. The number of fused-ring (bicyclic) bond motifs is 1. The molecule has 3 N–H and O–H groups in total. The number of carbonyl (C=O) groups excluding carboxylic acids is 1. The summed E-state index contributed by atoms with van der Waals surface area (Å²) in [5.74, 6) is -0.734. The number of nitrogens with zero attached hydrogens (tertiary/aromatic N) is 2. The van der Waals surface area contributed by atoms with Crippen molar-refractivity contribution in [1.29, 1.82) is 0 Å². The van der Waals surface area contributed by atoms with Crippen LogP contribution in [0.5, 0.6) is 0 Å². The van der Waals surface area contributed by atoms with Crippen LogP contribution in [0.4, 0.5) is 15.8 Å². The van der Waals surface area contributed by atoms with E-state index in [9.17, 15) is 9.18 Å². The predicted molar refractivity (Wildman–Crippen MR) is 92.6 cm³/mol. The molecule has 0 radical (unpaired) electrons. The van der Waals surface area contributed by atoms with Crippen molar-refractivity contribution in [2.24, 2.45) is 0 Å². The highest BCUT2D eigenvalue weighted by atomic mass is 79.9. The smallest absolute Gasteiger partial charge is 0.275 e. The fraction of sp³-hybridized carbons (Fsp3) is 0.188. The molecular weight excluding hydrogens is 377 g/mol. The van der Waals surface area contributed by atoms with E-state index in [1.807, 2.05) is 0 Å². The van der Waals surface area contributed by atoms with Gasteiger partial charge < -0.3 is 15.6 Å². The van der Waals surface area contributed by atoms with Gasteiger partial charge >= 0.3 is 0 Å². The normalized spacial score (nSPS) is 13.9. The van der Waals surface area contributed by atoms with Crippen LogP contribution in [-0.2, 0) is 0 Å². The summed E-state index contributed by atoms with van der Waals surface area (Å²) in [5, 5.41) is 6.63. The minimum absolute atomic E-state index is 0.245. The van der Waals surface area contributed by atoms with Gasteiger partial charge in [-0.25, -0.2) is 14.4 Å². The number of anilines is 2. The Morgan fingerprint density at radius 3 is 2.92 bits per heavy atom. The molecule has 2 aromatic heterocycles. The molecule has 0 spiro atoms. The van der Waals surface area contributed by atoms with Crippen LogP contribution < -0.4 is 10.6 Å². The summed E-state index contributed by atoms with van der Waals surface area (Å²) in [4.78, 5) is 23.8. The van der Waals surface area contributed by atoms with Crippen molar-refractivity contribution in [3.05, 3.63) is 46.7 Å². The minimum atomic E-state index is -0.381. The van der Waals surface area contributed by atoms with Crippen LogP contribution in [0.2, 0.25) is 0 Å². The van der Waals surface area contributed by atoms with Crippen molar-refractivity contribution in [3.63, 3.8) is 0 Å². The Morgan fingerprint density at radius 1 is 1.29 bits per heavy atom. The quantitative estimate of drug-likeness (QED) is 0.635. The SMILES string of the molecule is O=C(Nc1ccc(F)cc1NC1CC1)c1ncnc2[nH]cc(Br)c12. The highest BCUT2D eigenvalue weighted by Crippen LogP contribution is 2.31. The summed E-state index contributed by atoms with van der Waals surface area (Å²) >= 11 is 3.38. The van der Waals surface area contributed by atoms with Gasteiger partial charge in [-0.05, 0) is 47.0 Å². The first kappa shape index (κ1) is 15.1. The van der Waals surface area contributed by atoms with Gasteiger partial charge in [0.05, 0.1) is 16.8 Å². The lowest BCUT2D eigenvalue weighted by Crippen LogP contribution is -2.16. The Bertz CT molecular complexity index is 937. The average molecular weight is 390 g/mol. The lowest BCUT2D eigenvalue weighted by atomic mass is 10.2. The zero-order valence-electron chi connectivity index (χ0n) is 12.4. The number of halogens is 2. The Morgan fingerprint density at radius 2 is 2.12 bits per heavy atom. The Hall–Kier alpha value is -2.48. The Labute approximate surface area is 145 Å². The largest absolute Gasteiger partial charge is 0.381 e. The molecule has 0 aliphatic heterocycles. The molecule has 0 bridgehead atoms. The second-order valence-corrected chi connectivity index (χ2v) is 6.50. The third-order valence-corrected chi connectivity index (χ3v) is 4.43. The summed E-state index contributed by atoms with van der Waals surface area (Å²) < 4.78 is 14.2. The molecule has 1 saturated carbocycles. The van der Waals surface area contributed by atoms with E-state index >= 15 is 0 Å². The van der Waals surface area contributed by atoms with Crippen LogP contribution in [0.1, 0.15) is 23.3 Å². The fourth-order valence-electron chi connectivity index (χ4n) is 2.47. The number of aromatic nitrogens is 3. The highest BCUT2D eigenvalue weighted by molar-refractivity contribution is 9.10. The van der Waals surface area contributed by atoms with Crippen molar-refractivity contribution in [2.75, 3.05) is 10.6 Å². The van der Waals surface area contributed by atoms with Crippen LogP contribution in [0.15, 0.2) is 35.2 Å². The first-order valence-corrected chi connectivity index (χ1v) is 8.26. The summed E-state index contributed by atoms with van der Waals surface area (Å²) in [6.07, 6.45) is 5.13. The van der Waals surface area contributed by atoms with Gasteiger partial charge in [0.2, 0.25) is 0 Å². The van der Waals surface area contributed by atoms with Gasteiger partial charge in [0, 0.05) is 16.7 Å². The Kier molecular flexibility index (Phi) is 3.68. The van der Waals surface area contributed by atoms with E-state index in [0.717, 1.165) is 12.8 Å². The zero-order valence-corrected chi connectivity index (χ0v) is 14.0. The zero-order chi connectivity index (χ0) is 16.7. The molecule has 1 fully saturated rings. The molecule has 4 rings (SSSR count). The van der Waals surface area contributed by atoms with Gasteiger partial charge in [0.25, 0.3) is 5.91 Å². The predicted octanol–water partition coefficient (Wildman–Crippen LogP) is 3.69. The maximum atomic E-state index is 13.5. The maximum absolute atomic E-state index is 13.5. The van der Waals surface area contributed by atoms with E-state index in [1.165, 1.54) is 18.5 Å².